The molecule has 0 unspecified atom stereocenters. The van der Waals surface area contributed by atoms with E-state index >= 15 is 0 Å². The van der Waals surface area contributed by atoms with E-state index in [1.165, 1.54) is 68.1 Å². The van der Waals surface area contributed by atoms with Crippen molar-refractivity contribution in [3.8, 4) is 0 Å². The Bertz CT molecular complexity index is 755. The number of benzene rings is 2. The fourth-order valence-corrected chi connectivity index (χ4v) is 6.39. The summed E-state index contributed by atoms with van der Waals surface area (Å²) in [6.07, 6.45) is 13.2. The molecule has 0 fully saturated rings. The van der Waals surface area contributed by atoms with Crippen LogP contribution in [0.4, 0.5) is 0 Å². The van der Waals surface area contributed by atoms with E-state index in [4.69, 9.17) is 9.47 Å². The third kappa shape index (κ3) is 12.3. The zero-order valence-electron chi connectivity index (χ0n) is 20.8. The second-order valence-electron chi connectivity index (χ2n) is 8.56. The molecule has 2 aromatic rings. The van der Waals surface area contributed by atoms with Crippen molar-refractivity contribution in [1.29, 1.82) is 0 Å². The first-order valence-corrected chi connectivity index (χ1v) is 14.4. The summed E-state index contributed by atoms with van der Waals surface area (Å²) in [5.41, 5.74) is 0. The van der Waals surface area contributed by atoms with E-state index < -0.39 is 11.9 Å². The second-order valence-corrected chi connectivity index (χ2v) is 10.9. The molecule has 0 N–H and O–H groups in total. The number of rotatable bonds is 18. The van der Waals surface area contributed by atoms with Gasteiger partial charge < -0.3 is 9.47 Å². The number of unbranched alkanes of at least 4 members (excludes halogenated alkanes) is 9. The first-order chi connectivity index (χ1) is 16.7. The Kier molecular flexibility index (Phi) is 15.0. The summed E-state index contributed by atoms with van der Waals surface area (Å²) in [4.78, 5) is 22.7. The molecule has 0 amide bonds. The smallest absolute Gasteiger partial charge is 0.317 e. The molecule has 4 nitrogen and oxygen atoms in total. The van der Waals surface area contributed by atoms with E-state index in [1.807, 2.05) is 0 Å². The van der Waals surface area contributed by atoms with Crippen molar-refractivity contribution in [2.75, 3.05) is 19.4 Å². The molecule has 0 bridgehead atoms. The average Bonchev–Trinajstić information content (AvgIpc) is 2.85. The molecule has 34 heavy (non-hydrogen) atoms. The van der Waals surface area contributed by atoms with Crippen LogP contribution in [0.25, 0.3) is 0 Å². The third-order valence-corrected chi connectivity index (χ3v) is 8.38. The molecule has 2 aromatic carbocycles. The van der Waals surface area contributed by atoms with Crippen LogP contribution >= 0.6 is 7.92 Å². The van der Waals surface area contributed by atoms with Gasteiger partial charge in [0.25, 0.3) is 0 Å². The molecular formula is C29H41O4P. The van der Waals surface area contributed by atoms with Crippen molar-refractivity contribution >= 4 is 30.5 Å². The van der Waals surface area contributed by atoms with Gasteiger partial charge in [-0.05, 0) is 44.5 Å². The fraction of sp³-hybridized carbons (Fsp3) is 0.517. The third-order valence-electron chi connectivity index (χ3n) is 5.77. The van der Waals surface area contributed by atoms with Crippen LogP contribution in [0.1, 0.15) is 77.6 Å². The Morgan fingerprint density at radius 1 is 0.618 bits per heavy atom. The van der Waals surface area contributed by atoms with Gasteiger partial charge in [-0.2, -0.15) is 0 Å². The lowest BCUT2D eigenvalue weighted by Crippen LogP contribution is -2.14. The molecule has 0 spiro atoms. The number of carbonyl (C=O) groups excluding carboxylic acids is 2. The van der Waals surface area contributed by atoms with Crippen LogP contribution in [0.15, 0.2) is 60.7 Å². The van der Waals surface area contributed by atoms with E-state index in [-0.39, 0.29) is 20.9 Å². The van der Waals surface area contributed by atoms with E-state index in [9.17, 15) is 9.59 Å². The predicted octanol–water partition coefficient (Wildman–Crippen LogP) is 6.52. The lowest BCUT2D eigenvalue weighted by Gasteiger charge is -2.18. The van der Waals surface area contributed by atoms with Crippen LogP contribution in [0.2, 0.25) is 0 Å². The van der Waals surface area contributed by atoms with Gasteiger partial charge in [-0.3, -0.25) is 9.59 Å². The SMILES string of the molecule is CCOC(=O)CC(=O)OCCCCCCCCCCCCP(c1ccccc1)c1ccccc1. The summed E-state index contributed by atoms with van der Waals surface area (Å²) in [6.45, 7) is 2.40. The molecule has 0 heterocycles. The standard InChI is InChI=1S/C29H41O4P/c1-2-32-28(30)25-29(31)33-23-17-9-7-5-3-4-6-8-10-18-24-34(26-19-13-11-14-20-26)27-21-15-12-16-22-27/h11-16,19-22H,2-10,17-18,23-25H2,1H3. The minimum absolute atomic E-state index is 0.254. The van der Waals surface area contributed by atoms with Gasteiger partial charge in [0.2, 0.25) is 0 Å². The van der Waals surface area contributed by atoms with Crippen molar-refractivity contribution in [3.05, 3.63) is 60.7 Å². The second kappa shape index (κ2) is 18.2. The highest BCUT2D eigenvalue weighted by atomic mass is 31.1. The average molecular weight is 485 g/mol. The van der Waals surface area contributed by atoms with E-state index in [1.54, 1.807) is 6.92 Å². The van der Waals surface area contributed by atoms with Crippen molar-refractivity contribution in [2.24, 2.45) is 0 Å². The summed E-state index contributed by atoms with van der Waals surface area (Å²) >= 11 is 0. The molecule has 0 saturated carbocycles. The highest BCUT2D eigenvalue weighted by Gasteiger charge is 2.13. The summed E-state index contributed by atoms with van der Waals surface area (Å²) in [6, 6.07) is 22.0. The van der Waals surface area contributed by atoms with Crippen LogP contribution in [-0.2, 0) is 19.1 Å². The van der Waals surface area contributed by atoms with Crippen molar-refractivity contribution in [1.82, 2.24) is 0 Å². The molecule has 0 radical (unpaired) electrons. The quantitative estimate of drug-likeness (QED) is 0.105. The monoisotopic (exact) mass is 484 g/mol. The fourth-order valence-electron chi connectivity index (χ4n) is 3.98. The Morgan fingerprint density at radius 2 is 1.06 bits per heavy atom. The largest absolute Gasteiger partial charge is 0.466 e. The highest BCUT2D eigenvalue weighted by molar-refractivity contribution is 7.73. The minimum atomic E-state index is -0.513. The lowest BCUT2D eigenvalue weighted by molar-refractivity contribution is -0.154. The summed E-state index contributed by atoms with van der Waals surface area (Å²) < 4.78 is 9.81. The molecule has 2 rings (SSSR count). The van der Waals surface area contributed by atoms with Crippen LogP contribution < -0.4 is 10.6 Å². The van der Waals surface area contributed by atoms with Gasteiger partial charge in [-0.1, -0.05) is 112 Å². The van der Waals surface area contributed by atoms with Crippen LogP contribution in [-0.4, -0.2) is 31.3 Å². The van der Waals surface area contributed by atoms with Crippen LogP contribution in [0.3, 0.4) is 0 Å². The van der Waals surface area contributed by atoms with Gasteiger partial charge in [-0.25, -0.2) is 0 Å². The molecular weight excluding hydrogens is 443 g/mol. The van der Waals surface area contributed by atoms with Gasteiger partial charge in [0.15, 0.2) is 0 Å². The maximum atomic E-state index is 11.5. The number of ether oxygens (including phenoxy) is 2. The Balaban J connectivity index is 1.46. The van der Waals surface area contributed by atoms with Gasteiger partial charge >= 0.3 is 11.9 Å². The summed E-state index contributed by atoms with van der Waals surface area (Å²) in [5, 5.41) is 2.97. The first kappa shape index (κ1) is 28.1. The zero-order valence-corrected chi connectivity index (χ0v) is 21.6. The lowest BCUT2D eigenvalue weighted by atomic mass is 10.1. The Morgan fingerprint density at radius 3 is 1.56 bits per heavy atom. The molecule has 0 aliphatic carbocycles. The predicted molar refractivity (Wildman–Crippen MR) is 142 cm³/mol. The summed E-state index contributed by atoms with van der Waals surface area (Å²) in [7, 11) is -0.254. The van der Waals surface area contributed by atoms with Crippen molar-refractivity contribution in [3.63, 3.8) is 0 Å². The topological polar surface area (TPSA) is 52.6 Å². The van der Waals surface area contributed by atoms with Crippen LogP contribution in [0.5, 0.6) is 0 Å². The zero-order chi connectivity index (χ0) is 24.3. The van der Waals surface area contributed by atoms with Gasteiger partial charge in [0.05, 0.1) is 13.2 Å². The number of hydrogen-bond donors (Lipinski definition) is 0. The highest BCUT2D eigenvalue weighted by Crippen LogP contribution is 2.34. The number of carbonyl (C=O) groups is 2. The van der Waals surface area contributed by atoms with E-state index in [0.717, 1.165) is 12.8 Å². The molecule has 0 aliphatic rings. The molecule has 0 aliphatic heterocycles. The van der Waals surface area contributed by atoms with Gasteiger partial charge in [0.1, 0.15) is 6.42 Å². The minimum Gasteiger partial charge on any atom is -0.466 e. The molecule has 0 saturated heterocycles. The molecule has 5 heteroatoms. The Hall–Kier alpha value is -2.19. The van der Waals surface area contributed by atoms with E-state index in [0.29, 0.717) is 6.61 Å². The van der Waals surface area contributed by atoms with E-state index in [2.05, 4.69) is 60.7 Å². The molecule has 0 atom stereocenters. The van der Waals surface area contributed by atoms with Crippen molar-refractivity contribution in [2.45, 2.75) is 77.6 Å². The number of esters is 2. The van der Waals surface area contributed by atoms with Gasteiger partial charge in [-0.15, -0.1) is 0 Å². The van der Waals surface area contributed by atoms with Gasteiger partial charge in [0, 0.05) is 0 Å². The maximum absolute atomic E-state index is 11.5. The maximum Gasteiger partial charge on any atom is 0.317 e. The Labute approximate surface area is 207 Å². The first-order valence-electron chi connectivity index (χ1n) is 12.9. The van der Waals surface area contributed by atoms with Crippen molar-refractivity contribution < 1.29 is 19.1 Å². The number of hydrogen-bond acceptors (Lipinski definition) is 4. The molecule has 0 aromatic heterocycles. The van der Waals surface area contributed by atoms with Crippen LogP contribution in [0, 0.1) is 0 Å². The normalized spacial score (nSPS) is 10.9. The summed E-state index contributed by atoms with van der Waals surface area (Å²) in [5.74, 6) is -1.00. The molecule has 186 valence electrons.